The van der Waals surface area contributed by atoms with Crippen molar-refractivity contribution in [1.82, 2.24) is 0 Å². The van der Waals surface area contributed by atoms with E-state index in [2.05, 4.69) is 0 Å². The quantitative estimate of drug-likeness (QED) is 0.160. The van der Waals surface area contributed by atoms with Crippen LogP contribution in [0.5, 0.6) is 0 Å². The summed E-state index contributed by atoms with van der Waals surface area (Å²) >= 11 is 0. The Kier molecular flexibility index (Phi) is 11.4. The molecule has 41 heavy (non-hydrogen) atoms. The second kappa shape index (κ2) is 15.4. The molecule has 1 aliphatic heterocycles. The molecule has 0 saturated carbocycles. The Morgan fingerprint density at radius 1 is 0.829 bits per heavy atom. The number of esters is 1. The first-order valence-electron chi connectivity index (χ1n) is 13.4. The SMILES string of the molecule is COC(=O)[C@@H](C)O[C@H]1O[C@H](COCc2ccccc2)[C@@H](OCc2ccccc2)[C@H](OCc2ccccc2)[C@H]1[N+](=O)[O-]. The van der Waals surface area contributed by atoms with Crippen molar-refractivity contribution in [1.29, 1.82) is 0 Å². The molecule has 1 heterocycles. The van der Waals surface area contributed by atoms with Crippen molar-refractivity contribution < 1.29 is 38.1 Å². The van der Waals surface area contributed by atoms with Crippen LogP contribution in [0.3, 0.4) is 0 Å². The average Bonchev–Trinajstić information content (AvgIpc) is 3.00. The van der Waals surface area contributed by atoms with Crippen molar-refractivity contribution in [2.75, 3.05) is 13.7 Å². The van der Waals surface area contributed by atoms with Crippen molar-refractivity contribution in [2.45, 2.75) is 63.5 Å². The summed E-state index contributed by atoms with van der Waals surface area (Å²) in [5, 5.41) is 12.5. The zero-order chi connectivity index (χ0) is 29.0. The summed E-state index contributed by atoms with van der Waals surface area (Å²) in [6, 6.07) is 26.9. The van der Waals surface area contributed by atoms with E-state index in [4.69, 9.17) is 28.4 Å². The lowest BCUT2D eigenvalue weighted by atomic mass is 9.96. The predicted molar refractivity (Wildman–Crippen MR) is 148 cm³/mol. The number of ether oxygens (including phenoxy) is 6. The minimum atomic E-state index is -1.50. The molecular formula is C31H35NO9. The van der Waals surface area contributed by atoms with Crippen LogP contribution in [0.25, 0.3) is 0 Å². The minimum Gasteiger partial charge on any atom is -0.467 e. The normalized spacial score (nSPS) is 23.0. The second-order valence-corrected chi connectivity index (χ2v) is 9.64. The molecule has 0 aliphatic carbocycles. The van der Waals surface area contributed by atoms with Crippen molar-refractivity contribution in [3.05, 3.63) is 118 Å². The summed E-state index contributed by atoms with van der Waals surface area (Å²) in [4.78, 5) is 24.1. The van der Waals surface area contributed by atoms with E-state index in [1.54, 1.807) is 0 Å². The monoisotopic (exact) mass is 565 g/mol. The van der Waals surface area contributed by atoms with Gasteiger partial charge in [-0.25, -0.2) is 4.79 Å². The summed E-state index contributed by atoms with van der Waals surface area (Å²) < 4.78 is 35.2. The van der Waals surface area contributed by atoms with Gasteiger partial charge < -0.3 is 28.4 Å². The number of hydrogen-bond acceptors (Lipinski definition) is 9. The van der Waals surface area contributed by atoms with Crippen molar-refractivity contribution in [2.24, 2.45) is 0 Å². The first-order valence-corrected chi connectivity index (χ1v) is 13.4. The average molecular weight is 566 g/mol. The highest BCUT2D eigenvalue weighted by molar-refractivity contribution is 5.73. The molecule has 3 aromatic carbocycles. The first kappa shape index (κ1) is 30.3. The number of benzene rings is 3. The van der Waals surface area contributed by atoms with Crippen molar-refractivity contribution in [3.8, 4) is 0 Å². The Hall–Kier alpha value is -3.67. The number of nitro groups is 1. The van der Waals surface area contributed by atoms with Gasteiger partial charge in [-0.2, -0.15) is 0 Å². The molecular weight excluding hydrogens is 530 g/mol. The molecule has 4 rings (SSSR count). The molecule has 1 saturated heterocycles. The first-order chi connectivity index (χ1) is 20.0. The summed E-state index contributed by atoms with van der Waals surface area (Å²) in [6.45, 7) is 2.05. The second-order valence-electron chi connectivity index (χ2n) is 9.64. The number of methoxy groups -OCH3 is 1. The zero-order valence-electron chi connectivity index (χ0n) is 23.1. The molecule has 1 fully saturated rings. The van der Waals surface area contributed by atoms with Crippen LogP contribution in [-0.4, -0.2) is 61.4 Å². The fourth-order valence-electron chi connectivity index (χ4n) is 4.58. The van der Waals surface area contributed by atoms with E-state index in [0.29, 0.717) is 6.61 Å². The topological polar surface area (TPSA) is 116 Å². The molecule has 10 heteroatoms. The molecule has 6 atom stereocenters. The Morgan fingerprint density at radius 2 is 1.32 bits per heavy atom. The molecule has 1 aliphatic rings. The van der Waals surface area contributed by atoms with Gasteiger partial charge in [0.1, 0.15) is 12.2 Å². The molecule has 0 radical (unpaired) electrons. The number of rotatable bonds is 14. The number of carbonyl (C=O) groups is 1. The van der Waals surface area contributed by atoms with Gasteiger partial charge in [0.05, 0.1) is 33.5 Å². The Balaban J connectivity index is 1.62. The summed E-state index contributed by atoms with van der Waals surface area (Å²) in [5.74, 6) is -0.684. The lowest BCUT2D eigenvalue weighted by Gasteiger charge is -2.42. The van der Waals surface area contributed by atoms with Gasteiger partial charge in [-0.05, 0) is 23.6 Å². The van der Waals surface area contributed by atoms with Gasteiger partial charge >= 0.3 is 5.97 Å². The zero-order valence-corrected chi connectivity index (χ0v) is 23.1. The largest absolute Gasteiger partial charge is 0.467 e. The van der Waals surface area contributed by atoms with Crippen LogP contribution in [0, 0.1) is 10.1 Å². The van der Waals surface area contributed by atoms with Crippen LogP contribution >= 0.6 is 0 Å². The van der Waals surface area contributed by atoms with Crippen LogP contribution in [0.4, 0.5) is 0 Å². The van der Waals surface area contributed by atoms with Crippen molar-refractivity contribution in [3.63, 3.8) is 0 Å². The van der Waals surface area contributed by atoms with E-state index in [1.807, 2.05) is 91.0 Å². The van der Waals surface area contributed by atoms with Crippen LogP contribution in [-0.2, 0) is 53.0 Å². The highest BCUT2D eigenvalue weighted by Crippen LogP contribution is 2.31. The Bertz CT molecular complexity index is 1210. The van der Waals surface area contributed by atoms with Crippen LogP contribution in [0.1, 0.15) is 23.6 Å². The van der Waals surface area contributed by atoms with Gasteiger partial charge in [-0.3, -0.25) is 10.1 Å². The standard InChI is InChI=1S/C31H35NO9/c1-22(30(33)36-2)40-31-27(32(34)35)29(39-20-25-16-10-5-11-17-25)28(38-19-24-14-8-4-9-15-24)26(41-31)21-37-18-23-12-6-3-7-13-23/h3-17,22,26-29,31H,18-21H2,1-2H3/t22-,26-,27-,28-,29-,31+/m1/s1. The highest BCUT2D eigenvalue weighted by Gasteiger charge is 2.55. The van der Waals surface area contributed by atoms with E-state index in [0.717, 1.165) is 16.7 Å². The summed E-state index contributed by atoms with van der Waals surface area (Å²) in [6.07, 6.45) is -5.34. The Morgan fingerprint density at radius 3 is 1.80 bits per heavy atom. The molecule has 0 unspecified atom stereocenters. The maximum absolute atomic E-state index is 12.5. The van der Waals surface area contributed by atoms with Gasteiger partial charge in [0.15, 0.2) is 12.2 Å². The number of hydrogen-bond donors (Lipinski definition) is 0. The van der Waals surface area contributed by atoms with Crippen LogP contribution in [0.2, 0.25) is 0 Å². The summed E-state index contributed by atoms with van der Waals surface area (Å²) in [5.41, 5.74) is 2.67. The minimum absolute atomic E-state index is 0.0381. The molecule has 0 bridgehead atoms. The lowest BCUT2D eigenvalue weighted by Crippen LogP contribution is -2.64. The number of nitrogens with zero attached hydrogens (tertiary/aromatic N) is 1. The van der Waals surface area contributed by atoms with E-state index >= 15 is 0 Å². The molecule has 0 amide bonds. The fourth-order valence-corrected chi connectivity index (χ4v) is 4.58. The third-order valence-electron chi connectivity index (χ3n) is 6.69. The van der Waals surface area contributed by atoms with E-state index < -0.39 is 47.6 Å². The molecule has 0 N–H and O–H groups in total. The van der Waals surface area contributed by atoms with Gasteiger partial charge in [0.25, 0.3) is 6.04 Å². The molecule has 218 valence electrons. The van der Waals surface area contributed by atoms with Gasteiger partial charge in [-0.15, -0.1) is 0 Å². The van der Waals surface area contributed by atoms with Crippen molar-refractivity contribution >= 4 is 5.97 Å². The fraction of sp³-hybridized carbons (Fsp3) is 0.387. The number of carbonyl (C=O) groups excluding carboxylic acids is 1. The summed E-state index contributed by atoms with van der Waals surface area (Å²) in [7, 11) is 1.22. The van der Waals surface area contributed by atoms with E-state index in [-0.39, 0.29) is 19.8 Å². The lowest BCUT2D eigenvalue weighted by molar-refractivity contribution is -0.577. The molecule has 0 spiro atoms. The maximum Gasteiger partial charge on any atom is 0.334 e. The molecule has 10 nitrogen and oxygen atoms in total. The molecule has 3 aromatic rings. The molecule has 0 aromatic heterocycles. The maximum atomic E-state index is 12.5. The van der Waals surface area contributed by atoms with Gasteiger partial charge in [0, 0.05) is 4.92 Å². The van der Waals surface area contributed by atoms with Gasteiger partial charge in [0.2, 0.25) is 6.29 Å². The van der Waals surface area contributed by atoms with Crippen LogP contribution < -0.4 is 0 Å². The smallest absolute Gasteiger partial charge is 0.334 e. The highest BCUT2D eigenvalue weighted by atomic mass is 16.7. The van der Waals surface area contributed by atoms with E-state index in [9.17, 15) is 14.9 Å². The van der Waals surface area contributed by atoms with Crippen LogP contribution in [0.15, 0.2) is 91.0 Å². The van der Waals surface area contributed by atoms with Gasteiger partial charge in [-0.1, -0.05) is 91.0 Å². The predicted octanol–water partition coefficient (Wildman–Crippen LogP) is 4.32. The van der Waals surface area contributed by atoms with E-state index in [1.165, 1.54) is 14.0 Å². The third kappa shape index (κ3) is 8.66. The third-order valence-corrected chi connectivity index (χ3v) is 6.69. The Labute approximate surface area is 239 Å².